The van der Waals surface area contributed by atoms with Crippen LogP contribution in [0.15, 0.2) is 12.3 Å². The van der Waals surface area contributed by atoms with Gasteiger partial charge in [0.05, 0.1) is 16.9 Å². The minimum absolute atomic E-state index is 0.186. The SMILES string of the molecule is CNc1cc(-n2cc(Cl)c(C)n2)nc(N)n1. The third-order valence-corrected chi connectivity index (χ3v) is 2.43. The van der Waals surface area contributed by atoms with Crippen molar-refractivity contribution in [2.45, 2.75) is 6.92 Å². The van der Waals surface area contributed by atoms with Crippen LogP contribution >= 0.6 is 11.6 Å². The lowest BCUT2D eigenvalue weighted by molar-refractivity contribution is 0.829. The largest absolute Gasteiger partial charge is 0.373 e. The molecule has 2 aromatic rings. The van der Waals surface area contributed by atoms with Crippen molar-refractivity contribution in [3.05, 3.63) is 23.0 Å². The maximum atomic E-state index is 5.92. The van der Waals surface area contributed by atoms with Gasteiger partial charge in [-0.25, -0.2) is 4.68 Å². The van der Waals surface area contributed by atoms with Crippen molar-refractivity contribution in [3.63, 3.8) is 0 Å². The lowest BCUT2D eigenvalue weighted by Crippen LogP contribution is -2.05. The first-order valence-corrected chi connectivity index (χ1v) is 5.02. The molecule has 16 heavy (non-hydrogen) atoms. The molecule has 0 aliphatic rings. The highest BCUT2D eigenvalue weighted by Crippen LogP contribution is 2.17. The molecule has 84 valence electrons. The second kappa shape index (κ2) is 3.97. The average Bonchev–Trinajstić information content (AvgIpc) is 2.58. The first-order valence-electron chi connectivity index (χ1n) is 4.64. The third kappa shape index (κ3) is 1.92. The van der Waals surface area contributed by atoms with E-state index in [0.29, 0.717) is 16.7 Å². The fourth-order valence-corrected chi connectivity index (χ4v) is 1.38. The number of nitrogens with two attached hydrogens (primary N) is 1. The molecule has 0 amide bonds. The van der Waals surface area contributed by atoms with Gasteiger partial charge >= 0.3 is 0 Å². The van der Waals surface area contributed by atoms with Crippen molar-refractivity contribution >= 4 is 23.4 Å². The zero-order valence-electron chi connectivity index (χ0n) is 8.90. The van der Waals surface area contributed by atoms with Crippen LogP contribution < -0.4 is 11.1 Å². The molecule has 2 rings (SSSR count). The fourth-order valence-electron chi connectivity index (χ4n) is 1.25. The summed E-state index contributed by atoms with van der Waals surface area (Å²) in [5.74, 6) is 1.39. The zero-order chi connectivity index (χ0) is 11.7. The Kier molecular flexibility index (Phi) is 2.66. The number of anilines is 2. The summed E-state index contributed by atoms with van der Waals surface area (Å²) in [5, 5.41) is 7.69. The monoisotopic (exact) mass is 238 g/mol. The highest BCUT2D eigenvalue weighted by Gasteiger charge is 2.07. The van der Waals surface area contributed by atoms with E-state index in [2.05, 4.69) is 20.4 Å². The third-order valence-electron chi connectivity index (χ3n) is 2.06. The smallest absolute Gasteiger partial charge is 0.224 e. The van der Waals surface area contributed by atoms with Crippen LogP contribution in [0.3, 0.4) is 0 Å². The summed E-state index contributed by atoms with van der Waals surface area (Å²) in [6.45, 7) is 1.82. The summed E-state index contributed by atoms with van der Waals surface area (Å²) >= 11 is 5.92. The molecule has 0 spiro atoms. The Bertz CT molecular complexity index is 501. The average molecular weight is 239 g/mol. The first-order chi connectivity index (χ1) is 7.60. The minimum Gasteiger partial charge on any atom is -0.373 e. The van der Waals surface area contributed by atoms with Crippen molar-refractivity contribution in [3.8, 4) is 5.82 Å². The number of nitrogens with one attached hydrogen (secondary N) is 1. The van der Waals surface area contributed by atoms with Gasteiger partial charge in [-0.05, 0) is 6.92 Å². The molecule has 0 aliphatic heterocycles. The van der Waals surface area contributed by atoms with E-state index in [1.807, 2.05) is 6.92 Å². The van der Waals surface area contributed by atoms with Gasteiger partial charge in [0, 0.05) is 13.1 Å². The molecule has 0 radical (unpaired) electrons. The van der Waals surface area contributed by atoms with Gasteiger partial charge in [-0.1, -0.05) is 11.6 Å². The maximum Gasteiger partial charge on any atom is 0.224 e. The molecule has 0 saturated carbocycles. The van der Waals surface area contributed by atoms with E-state index in [-0.39, 0.29) is 5.95 Å². The number of aryl methyl sites for hydroxylation is 1. The fraction of sp³-hybridized carbons (Fsp3) is 0.222. The first kappa shape index (κ1) is 10.7. The van der Waals surface area contributed by atoms with Gasteiger partial charge in [0.2, 0.25) is 5.95 Å². The van der Waals surface area contributed by atoms with Crippen LogP contribution in [0, 0.1) is 6.92 Å². The molecule has 0 atom stereocenters. The molecule has 3 N–H and O–H groups in total. The normalized spacial score (nSPS) is 10.4. The minimum atomic E-state index is 0.186. The van der Waals surface area contributed by atoms with E-state index in [0.717, 1.165) is 5.69 Å². The predicted octanol–water partition coefficient (Wildman–Crippen LogP) is 1.25. The molecular formula is C9H11ClN6. The number of nitrogens with zero attached hydrogens (tertiary/aromatic N) is 4. The lowest BCUT2D eigenvalue weighted by Gasteiger charge is -2.04. The summed E-state index contributed by atoms with van der Waals surface area (Å²) in [5.41, 5.74) is 6.32. The number of aromatic nitrogens is 4. The quantitative estimate of drug-likeness (QED) is 0.823. The zero-order valence-corrected chi connectivity index (χ0v) is 9.65. The van der Waals surface area contributed by atoms with E-state index in [9.17, 15) is 0 Å². The predicted molar refractivity (Wildman–Crippen MR) is 62.9 cm³/mol. The molecule has 7 heteroatoms. The Hall–Kier alpha value is -1.82. The van der Waals surface area contributed by atoms with Crippen LogP contribution in [0.2, 0.25) is 5.02 Å². The molecule has 6 nitrogen and oxygen atoms in total. The van der Waals surface area contributed by atoms with Crippen LogP contribution in [-0.2, 0) is 0 Å². The Morgan fingerprint density at radius 2 is 2.19 bits per heavy atom. The van der Waals surface area contributed by atoms with Gasteiger partial charge in [-0.3, -0.25) is 0 Å². The lowest BCUT2D eigenvalue weighted by atomic mass is 10.5. The Balaban J connectivity index is 2.50. The molecular weight excluding hydrogens is 228 g/mol. The molecule has 0 fully saturated rings. The van der Waals surface area contributed by atoms with E-state index in [1.54, 1.807) is 24.0 Å². The van der Waals surface area contributed by atoms with Crippen LogP contribution in [0.25, 0.3) is 5.82 Å². The number of hydrogen-bond donors (Lipinski definition) is 2. The van der Waals surface area contributed by atoms with Crippen molar-refractivity contribution in [2.75, 3.05) is 18.1 Å². The summed E-state index contributed by atoms with van der Waals surface area (Å²) in [6.07, 6.45) is 1.68. The number of halogens is 1. The van der Waals surface area contributed by atoms with Crippen LogP contribution in [0.1, 0.15) is 5.69 Å². The Morgan fingerprint density at radius 3 is 2.75 bits per heavy atom. The van der Waals surface area contributed by atoms with E-state index in [1.165, 1.54) is 0 Å². The molecule has 0 bridgehead atoms. The van der Waals surface area contributed by atoms with Gasteiger partial charge in [0.25, 0.3) is 0 Å². The van der Waals surface area contributed by atoms with Gasteiger partial charge in [-0.15, -0.1) is 0 Å². The van der Waals surface area contributed by atoms with Gasteiger partial charge in [-0.2, -0.15) is 15.1 Å². The highest BCUT2D eigenvalue weighted by molar-refractivity contribution is 6.31. The highest BCUT2D eigenvalue weighted by atomic mass is 35.5. The molecule has 2 heterocycles. The van der Waals surface area contributed by atoms with Crippen LogP contribution in [0.5, 0.6) is 0 Å². The second-order valence-corrected chi connectivity index (χ2v) is 3.63. The number of nitrogen functional groups attached to an aromatic ring is 1. The van der Waals surface area contributed by atoms with Crippen molar-refractivity contribution in [1.82, 2.24) is 19.7 Å². The van der Waals surface area contributed by atoms with E-state index < -0.39 is 0 Å². The van der Waals surface area contributed by atoms with Gasteiger partial charge in [0.1, 0.15) is 5.82 Å². The molecule has 0 saturated heterocycles. The van der Waals surface area contributed by atoms with Crippen LogP contribution in [0.4, 0.5) is 11.8 Å². The topological polar surface area (TPSA) is 81.7 Å². The number of rotatable bonds is 2. The van der Waals surface area contributed by atoms with Gasteiger partial charge in [0.15, 0.2) is 5.82 Å². The number of hydrogen-bond acceptors (Lipinski definition) is 5. The summed E-state index contributed by atoms with van der Waals surface area (Å²) in [4.78, 5) is 8.06. The molecule has 0 aromatic carbocycles. The van der Waals surface area contributed by atoms with Crippen molar-refractivity contribution in [1.29, 1.82) is 0 Å². The summed E-state index contributed by atoms with van der Waals surface area (Å²) in [7, 11) is 1.76. The maximum absolute atomic E-state index is 5.92. The van der Waals surface area contributed by atoms with Crippen LogP contribution in [-0.4, -0.2) is 26.8 Å². The molecule has 2 aromatic heterocycles. The van der Waals surface area contributed by atoms with Crippen molar-refractivity contribution in [2.24, 2.45) is 0 Å². The second-order valence-electron chi connectivity index (χ2n) is 3.23. The Labute approximate surface area is 97.5 Å². The van der Waals surface area contributed by atoms with Gasteiger partial charge < -0.3 is 11.1 Å². The van der Waals surface area contributed by atoms with E-state index >= 15 is 0 Å². The summed E-state index contributed by atoms with van der Waals surface area (Å²) < 4.78 is 1.57. The summed E-state index contributed by atoms with van der Waals surface area (Å²) in [6, 6.07) is 1.74. The van der Waals surface area contributed by atoms with Crippen molar-refractivity contribution < 1.29 is 0 Å². The standard InChI is InChI=1S/C9H11ClN6/c1-5-6(10)4-16(15-5)8-3-7(12-2)13-9(11)14-8/h3-4H,1-2H3,(H3,11,12,13,14). The Morgan fingerprint density at radius 1 is 1.44 bits per heavy atom. The molecule has 0 aliphatic carbocycles. The van der Waals surface area contributed by atoms with E-state index in [4.69, 9.17) is 17.3 Å². The molecule has 0 unspecified atom stereocenters.